The molecular formula is C13H18N4S. The summed E-state index contributed by atoms with van der Waals surface area (Å²) in [7, 11) is 2.00. The van der Waals surface area contributed by atoms with E-state index < -0.39 is 0 Å². The van der Waals surface area contributed by atoms with Gasteiger partial charge in [-0.25, -0.2) is 4.98 Å². The average molecular weight is 262 g/mol. The zero-order chi connectivity index (χ0) is 12.4. The van der Waals surface area contributed by atoms with Gasteiger partial charge >= 0.3 is 0 Å². The summed E-state index contributed by atoms with van der Waals surface area (Å²) in [5.41, 5.74) is 0. The second kappa shape index (κ2) is 5.20. The van der Waals surface area contributed by atoms with Gasteiger partial charge in [0.1, 0.15) is 5.82 Å². The first-order chi connectivity index (χ1) is 8.83. The van der Waals surface area contributed by atoms with Crippen molar-refractivity contribution in [3.8, 4) is 10.7 Å². The lowest BCUT2D eigenvalue weighted by Crippen LogP contribution is -2.31. The fourth-order valence-corrected chi connectivity index (χ4v) is 3.11. The third-order valence-electron chi connectivity index (χ3n) is 3.46. The lowest BCUT2D eigenvalue weighted by atomic mass is 9.96. The topological polar surface area (TPSA) is 42.7 Å². The number of rotatable bonds is 3. The maximum atomic E-state index is 4.68. The van der Waals surface area contributed by atoms with Crippen LogP contribution < -0.4 is 5.32 Å². The first-order valence-electron chi connectivity index (χ1n) is 6.47. The van der Waals surface area contributed by atoms with Gasteiger partial charge in [-0.15, -0.1) is 11.3 Å². The van der Waals surface area contributed by atoms with E-state index in [-0.39, 0.29) is 0 Å². The van der Waals surface area contributed by atoms with Crippen LogP contribution in [-0.4, -0.2) is 27.9 Å². The molecule has 0 saturated carbocycles. The Balaban J connectivity index is 1.76. The molecule has 4 nitrogen and oxygen atoms in total. The first-order valence-corrected chi connectivity index (χ1v) is 7.35. The molecule has 96 valence electrons. The number of piperidine rings is 1. The Morgan fingerprint density at radius 3 is 3.22 bits per heavy atom. The molecule has 0 radical (unpaired) electrons. The minimum absolute atomic E-state index is 0.706. The molecule has 1 unspecified atom stereocenters. The van der Waals surface area contributed by atoms with Gasteiger partial charge in [-0.2, -0.15) is 5.10 Å². The Morgan fingerprint density at radius 2 is 2.50 bits per heavy atom. The second-order valence-corrected chi connectivity index (χ2v) is 5.82. The van der Waals surface area contributed by atoms with Crippen molar-refractivity contribution in [3.63, 3.8) is 0 Å². The van der Waals surface area contributed by atoms with Crippen molar-refractivity contribution in [3.05, 3.63) is 23.3 Å². The standard InChI is InChI=1S/C13H18N4S/c1-17-12(8-10-4-2-6-14-9-10)15-13(16-17)11-5-3-7-18-11/h3,5,7,10,14H,2,4,6,8-9H2,1H3. The van der Waals surface area contributed by atoms with Gasteiger partial charge < -0.3 is 5.32 Å². The van der Waals surface area contributed by atoms with Crippen LogP contribution in [0.1, 0.15) is 18.7 Å². The maximum Gasteiger partial charge on any atom is 0.191 e. The fourth-order valence-electron chi connectivity index (χ4n) is 2.46. The SMILES string of the molecule is Cn1nc(-c2cccs2)nc1CC1CCCNC1. The summed E-state index contributed by atoms with van der Waals surface area (Å²) in [5, 5.41) is 10.0. The minimum atomic E-state index is 0.706. The number of thiophene rings is 1. The molecule has 1 fully saturated rings. The Kier molecular flexibility index (Phi) is 3.43. The van der Waals surface area contributed by atoms with E-state index in [0.717, 1.165) is 36.0 Å². The van der Waals surface area contributed by atoms with Gasteiger partial charge in [0.15, 0.2) is 5.82 Å². The highest BCUT2D eigenvalue weighted by atomic mass is 32.1. The van der Waals surface area contributed by atoms with Crippen molar-refractivity contribution < 1.29 is 0 Å². The third kappa shape index (κ3) is 2.47. The predicted molar refractivity (Wildman–Crippen MR) is 73.6 cm³/mol. The van der Waals surface area contributed by atoms with Gasteiger partial charge in [0.05, 0.1) is 4.88 Å². The highest BCUT2D eigenvalue weighted by Gasteiger charge is 2.17. The van der Waals surface area contributed by atoms with Crippen LogP contribution >= 0.6 is 11.3 Å². The fraction of sp³-hybridized carbons (Fsp3) is 0.538. The quantitative estimate of drug-likeness (QED) is 0.921. The van der Waals surface area contributed by atoms with Crippen molar-refractivity contribution in [1.29, 1.82) is 0 Å². The molecule has 0 aromatic carbocycles. The van der Waals surface area contributed by atoms with Crippen LogP contribution in [-0.2, 0) is 13.5 Å². The predicted octanol–water partition coefficient (Wildman–Crippen LogP) is 2.09. The van der Waals surface area contributed by atoms with Gasteiger partial charge in [0.2, 0.25) is 0 Å². The zero-order valence-corrected chi connectivity index (χ0v) is 11.4. The highest BCUT2D eigenvalue weighted by Crippen LogP contribution is 2.22. The largest absolute Gasteiger partial charge is 0.316 e. The number of nitrogens with one attached hydrogen (secondary N) is 1. The molecule has 3 rings (SSSR count). The van der Waals surface area contributed by atoms with Crippen molar-refractivity contribution in [2.75, 3.05) is 13.1 Å². The summed E-state index contributed by atoms with van der Waals surface area (Å²) in [6.07, 6.45) is 3.61. The molecule has 18 heavy (non-hydrogen) atoms. The van der Waals surface area contributed by atoms with Crippen molar-refractivity contribution in [2.45, 2.75) is 19.3 Å². The van der Waals surface area contributed by atoms with Crippen LogP contribution in [0.5, 0.6) is 0 Å². The van der Waals surface area contributed by atoms with Crippen LogP contribution in [0.4, 0.5) is 0 Å². The van der Waals surface area contributed by atoms with Crippen molar-refractivity contribution in [2.24, 2.45) is 13.0 Å². The van der Waals surface area contributed by atoms with E-state index in [1.807, 2.05) is 17.8 Å². The van der Waals surface area contributed by atoms with Gasteiger partial charge in [-0.05, 0) is 43.3 Å². The normalized spacial score (nSPS) is 20.2. The summed E-state index contributed by atoms with van der Waals surface area (Å²) in [6.45, 7) is 2.27. The molecule has 0 amide bonds. The molecule has 0 aliphatic carbocycles. The number of hydrogen-bond donors (Lipinski definition) is 1. The van der Waals surface area contributed by atoms with Crippen molar-refractivity contribution in [1.82, 2.24) is 20.1 Å². The van der Waals surface area contributed by atoms with E-state index in [1.165, 1.54) is 12.8 Å². The second-order valence-electron chi connectivity index (χ2n) is 4.87. The van der Waals surface area contributed by atoms with Gasteiger partial charge in [-0.3, -0.25) is 4.68 Å². The molecule has 0 spiro atoms. The summed E-state index contributed by atoms with van der Waals surface area (Å²) in [4.78, 5) is 5.83. The van der Waals surface area contributed by atoms with Crippen LogP contribution in [0.2, 0.25) is 0 Å². The zero-order valence-electron chi connectivity index (χ0n) is 10.6. The van der Waals surface area contributed by atoms with Gasteiger partial charge in [-0.1, -0.05) is 6.07 Å². The first kappa shape index (κ1) is 11.9. The molecule has 1 atom stereocenters. The highest BCUT2D eigenvalue weighted by molar-refractivity contribution is 7.13. The van der Waals surface area contributed by atoms with E-state index in [4.69, 9.17) is 0 Å². The van der Waals surface area contributed by atoms with Crippen LogP contribution in [0.15, 0.2) is 17.5 Å². The molecule has 5 heteroatoms. The van der Waals surface area contributed by atoms with Crippen LogP contribution in [0.25, 0.3) is 10.7 Å². The molecule has 1 aliphatic heterocycles. The Morgan fingerprint density at radius 1 is 1.56 bits per heavy atom. The minimum Gasteiger partial charge on any atom is -0.316 e. The summed E-state index contributed by atoms with van der Waals surface area (Å²) in [6, 6.07) is 4.12. The average Bonchev–Trinajstić information content (AvgIpc) is 3.01. The number of aryl methyl sites for hydroxylation is 1. The Hall–Kier alpha value is -1.20. The molecule has 1 N–H and O–H groups in total. The van der Waals surface area contributed by atoms with Gasteiger partial charge in [0, 0.05) is 13.5 Å². The monoisotopic (exact) mass is 262 g/mol. The van der Waals surface area contributed by atoms with Gasteiger partial charge in [0.25, 0.3) is 0 Å². The molecule has 2 aromatic heterocycles. The molecule has 0 bridgehead atoms. The van der Waals surface area contributed by atoms with E-state index in [1.54, 1.807) is 11.3 Å². The molecule has 3 heterocycles. The summed E-state index contributed by atoms with van der Waals surface area (Å²) < 4.78 is 1.93. The number of hydrogen-bond acceptors (Lipinski definition) is 4. The molecule has 2 aromatic rings. The summed E-state index contributed by atoms with van der Waals surface area (Å²) in [5.74, 6) is 2.68. The lowest BCUT2D eigenvalue weighted by molar-refractivity contribution is 0.366. The molecular weight excluding hydrogens is 244 g/mol. The number of nitrogens with zero attached hydrogens (tertiary/aromatic N) is 3. The maximum absolute atomic E-state index is 4.68. The van der Waals surface area contributed by atoms with Crippen LogP contribution in [0, 0.1) is 5.92 Å². The third-order valence-corrected chi connectivity index (χ3v) is 4.33. The van der Waals surface area contributed by atoms with E-state index in [0.29, 0.717) is 5.92 Å². The smallest absolute Gasteiger partial charge is 0.191 e. The summed E-state index contributed by atoms with van der Waals surface area (Å²) >= 11 is 1.69. The van der Waals surface area contributed by atoms with E-state index in [9.17, 15) is 0 Å². The Labute approximate surface area is 111 Å². The van der Waals surface area contributed by atoms with E-state index >= 15 is 0 Å². The molecule has 1 aliphatic rings. The lowest BCUT2D eigenvalue weighted by Gasteiger charge is -2.21. The van der Waals surface area contributed by atoms with Crippen molar-refractivity contribution >= 4 is 11.3 Å². The molecule has 1 saturated heterocycles. The van der Waals surface area contributed by atoms with Crippen LogP contribution in [0.3, 0.4) is 0 Å². The number of aromatic nitrogens is 3. The Bertz CT molecular complexity index is 497. The van der Waals surface area contributed by atoms with E-state index in [2.05, 4.69) is 26.8 Å².